The van der Waals surface area contributed by atoms with E-state index in [1.165, 1.54) is 54.9 Å². The van der Waals surface area contributed by atoms with Gasteiger partial charge >= 0.3 is 25.8 Å². The van der Waals surface area contributed by atoms with E-state index in [4.69, 9.17) is 0 Å². The third kappa shape index (κ3) is 6.32. The zero-order valence-electron chi connectivity index (χ0n) is 26.1. The van der Waals surface area contributed by atoms with Crippen molar-refractivity contribution in [3.8, 4) is 22.3 Å². The Morgan fingerprint density at radius 1 is 0.524 bits per heavy atom. The molecule has 42 heavy (non-hydrogen) atoms. The molecule has 212 valence electrons. The number of benzene rings is 4. The van der Waals surface area contributed by atoms with Crippen LogP contribution in [0.15, 0.2) is 121 Å². The van der Waals surface area contributed by atoms with Crippen molar-refractivity contribution in [2.45, 2.75) is 46.0 Å². The quantitative estimate of drug-likeness (QED) is 0.109. The van der Waals surface area contributed by atoms with Gasteiger partial charge in [-0.25, -0.2) is 0 Å². The average molecular weight is 715 g/mol. The summed E-state index contributed by atoms with van der Waals surface area (Å²) in [5, 5.41) is 5.39. The molecule has 0 atom stereocenters. The van der Waals surface area contributed by atoms with E-state index in [1.807, 2.05) is 0 Å². The van der Waals surface area contributed by atoms with E-state index in [-0.39, 0.29) is 46.1 Å². The molecule has 1 heteroatoms. The van der Waals surface area contributed by atoms with E-state index in [2.05, 4.69) is 149 Å². The second-order valence-corrected chi connectivity index (χ2v) is 12.1. The molecule has 6 aromatic rings. The van der Waals surface area contributed by atoms with Gasteiger partial charge in [0.2, 0.25) is 0 Å². The standard InChI is InChI=1S/C39H38.2CH3.Hf/c1-27(2)25-39(26-28(3)4,33-21-31-17-11-19-35(37(31)23-33)29-13-7-5-8-14-29)34-22-32-18-12-20-36(38(32)24-34)30-15-9-6-10-16-30;;;/h5-24,27-28H,25-26H2,1-4H3;2*1H3;/q-2;2*-1;+4. The average Bonchev–Trinajstić information content (AvgIpc) is 3.58. The maximum absolute atomic E-state index is 2.51. The Bertz CT molecular complexity index is 1570. The normalized spacial score (nSPS) is 11.4. The van der Waals surface area contributed by atoms with Gasteiger partial charge in [-0.15, -0.1) is 69.1 Å². The third-order valence-electron chi connectivity index (χ3n) is 8.29. The Hall–Kier alpha value is -3.03. The molecule has 0 aliphatic rings. The molecule has 6 rings (SSSR count). The Morgan fingerprint density at radius 2 is 0.905 bits per heavy atom. The van der Waals surface area contributed by atoms with Crippen LogP contribution >= 0.6 is 0 Å². The van der Waals surface area contributed by atoms with Gasteiger partial charge in [-0.3, -0.25) is 0 Å². The molecule has 0 unspecified atom stereocenters. The van der Waals surface area contributed by atoms with Crippen LogP contribution in [0.4, 0.5) is 0 Å². The van der Waals surface area contributed by atoms with E-state index in [9.17, 15) is 0 Å². The number of hydrogen-bond donors (Lipinski definition) is 0. The molecule has 0 nitrogen and oxygen atoms in total. The minimum absolute atomic E-state index is 0. The minimum Gasteiger partial charge on any atom is -0.358 e. The van der Waals surface area contributed by atoms with Crippen molar-refractivity contribution in [1.29, 1.82) is 0 Å². The summed E-state index contributed by atoms with van der Waals surface area (Å²) in [5.74, 6) is 1.14. The Balaban J connectivity index is 0.00000161. The zero-order chi connectivity index (χ0) is 27.0. The monoisotopic (exact) mass is 716 g/mol. The van der Waals surface area contributed by atoms with E-state index in [1.54, 1.807) is 0 Å². The van der Waals surface area contributed by atoms with Crippen molar-refractivity contribution >= 4 is 21.5 Å². The largest absolute Gasteiger partial charge is 4.00 e. The molecule has 0 saturated carbocycles. The van der Waals surface area contributed by atoms with E-state index in [0.717, 1.165) is 12.8 Å². The summed E-state index contributed by atoms with van der Waals surface area (Å²) in [6.45, 7) is 9.52. The van der Waals surface area contributed by atoms with Gasteiger partial charge in [-0.1, -0.05) is 112 Å². The van der Waals surface area contributed by atoms with Crippen LogP contribution in [0.3, 0.4) is 0 Å². The van der Waals surface area contributed by atoms with Crippen LogP contribution in [0.5, 0.6) is 0 Å². The van der Waals surface area contributed by atoms with E-state index < -0.39 is 0 Å². The van der Waals surface area contributed by atoms with Gasteiger partial charge in [0.25, 0.3) is 0 Å². The Labute approximate surface area is 273 Å². The molecule has 0 radical (unpaired) electrons. The molecule has 6 aromatic carbocycles. The van der Waals surface area contributed by atoms with Crippen molar-refractivity contribution in [3.05, 3.63) is 147 Å². The second kappa shape index (κ2) is 14.0. The Morgan fingerprint density at radius 3 is 1.26 bits per heavy atom. The van der Waals surface area contributed by atoms with Crippen LogP contribution in [0.25, 0.3) is 43.8 Å². The molecule has 0 N–H and O–H groups in total. The molecule has 0 spiro atoms. The molecule has 0 aliphatic carbocycles. The van der Waals surface area contributed by atoms with Crippen LogP contribution in [0.2, 0.25) is 0 Å². The fourth-order valence-electron chi connectivity index (χ4n) is 6.88. The van der Waals surface area contributed by atoms with Gasteiger partial charge < -0.3 is 14.9 Å². The number of rotatable bonds is 8. The summed E-state index contributed by atoms with van der Waals surface area (Å²) < 4.78 is 0. The van der Waals surface area contributed by atoms with Gasteiger partial charge in [-0.2, -0.15) is 12.1 Å². The molecular weight excluding hydrogens is 671 g/mol. The summed E-state index contributed by atoms with van der Waals surface area (Å²) in [7, 11) is 0. The van der Waals surface area contributed by atoms with Crippen molar-refractivity contribution in [2.75, 3.05) is 0 Å². The SMILES string of the molecule is CC(C)CC(CC(C)C)(c1cc2c(-c3ccccc3)cccc2[cH-]1)c1cc2c(-c3ccccc3)cccc2[cH-]1.[CH3-].[CH3-].[Hf+4]. The molecule has 0 bridgehead atoms. The van der Waals surface area contributed by atoms with Crippen LogP contribution in [-0.4, -0.2) is 0 Å². The maximum Gasteiger partial charge on any atom is 4.00 e. The predicted octanol–water partition coefficient (Wildman–Crippen LogP) is 12.0. The van der Waals surface area contributed by atoms with E-state index >= 15 is 0 Å². The van der Waals surface area contributed by atoms with Crippen LogP contribution in [-0.2, 0) is 31.3 Å². The molecule has 0 fully saturated rings. The fraction of sp³-hybridized carbons (Fsp3) is 0.220. The summed E-state index contributed by atoms with van der Waals surface area (Å²) in [4.78, 5) is 0. The number of fused-ring (bicyclic) bond motifs is 2. The topological polar surface area (TPSA) is 0 Å². The summed E-state index contributed by atoms with van der Waals surface area (Å²) in [6, 6.07) is 45.2. The zero-order valence-corrected chi connectivity index (χ0v) is 29.7. The first kappa shape index (κ1) is 33.5. The van der Waals surface area contributed by atoms with Crippen LogP contribution < -0.4 is 0 Å². The van der Waals surface area contributed by atoms with Crippen molar-refractivity contribution < 1.29 is 25.8 Å². The molecule has 0 aliphatic heterocycles. The third-order valence-corrected chi connectivity index (χ3v) is 8.29. The summed E-state index contributed by atoms with van der Waals surface area (Å²) in [6.07, 6.45) is 2.25. The first-order valence-electron chi connectivity index (χ1n) is 14.5. The van der Waals surface area contributed by atoms with Gasteiger partial charge in [-0.05, 0) is 41.2 Å². The molecule has 0 amide bonds. The number of hydrogen-bond acceptors (Lipinski definition) is 0. The first-order chi connectivity index (χ1) is 18.9. The molecule has 0 heterocycles. The van der Waals surface area contributed by atoms with Gasteiger partial charge in [0.1, 0.15) is 0 Å². The minimum atomic E-state index is -0.0533. The summed E-state index contributed by atoms with van der Waals surface area (Å²) in [5.41, 5.74) is 8.07. The first-order valence-corrected chi connectivity index (χ1v) is 14.5. The van der Waals surface area contributed by atoms with Crippen LogP contribution in [0.1, 0.15) is 51.7 Å². The van der Waals surface area contributed by atoms with Crippen molar-refractivity contribution in [1.82, 2.24) is 0 Å². The van der Waals surface area contributed by atoms with Gasteiger partial charge in [0, 0.05) is 0 Å². The smallest absolute Gasteiger partial charge is 0.358 e. The molecule has 0 aromatic heterocycles. The molecule has 0 saturated heterocycles. The van der Waals surface area contributed by atoms with Gasteiger partial charge in [0.05, 0.1) is 0 Å². The second-order valence-electron chi connectivity index (χ2n) is 12.1. The van der Waals surface area contributed by atoms with Crippen LogP contribution in [0, 0.1) is 26.7 Å². The predicted molar refractivity (Wildman–Crippen MR) is 182 cm³/mol. The fourth-order valence-corrected chi connectivity index (χ4v) is 6.88. The maximum atomic E-state index is 2.51. The van der Waals surface area contributed by atoms with Crippen molar-refractivity contribution in [2.24, 2.45) is 11.8 Å². The van der Waals surface area contributed by atoms with Crippen molar-refractivity contribution in [3.63, 3.8) is 0 Å². The van der Waals surface area contributed by atoms with Gasteiger partial charge in [0.15, 0.2) is 0 Å². The Kier molecular flexibility index (Phi) is 11.1. The summed E-state index contributed by atoms with van der Waals surface area (Å²) >= 11 is 0. The molecular formula is C41H44Hf. The van der Waals surface area contributed by atoms with E-state index in [0.29, 0.717) is 11.8 Å².